The van der Waals surface area contributed by atoms with Gasteiger partial charge >= 0.3 is 5.97 Å². The number of benzene rings is 2. The first-order valence-electron chi connectivity index (χ1n) is 6.91. The van der Waals surface area contributed by atoms with Crippen LogP contribution in [0.3, 0.4) is 0 Å². The zero-order chi connectivity index (χ0) is 17.0. The summed E-state index contributed by atoms with van der Waals surface area (Å²) in [5, 5.41) is 11.6. The largest absolute Gasteiger partial charge is 0.480 e. The van der Waals surface area contributed by atoms with Gasteiger partial charge in [0.2, 0.25) is 0 Å². The third-order valence-corrected chi connectivity index (χ3v) is 3.31. The van der Waals surface area contributed by atoms with Crippen LogP contribution in [0.4, 0.5) is 8.78 Å². The van der Waals surface area contributed by atoms with Gasteiger partial charge in [0.05, 0.1) is 0 Å². The second kappa shape index (κ2) is 7.00. The SMILES string of the molecule is Cc1cccc(C[C@@H](NC(=O)c2ccc(F)c(F)c2)C(=O)O)c1. The molecule has 1 atom stereocenters. The third kappa shape index (κ3) is 4.35. The molecule has 6 heteroatoms. The van der Waals surface area contributed by atoms with Crippen LogP contribution in [0.25, 0.3) is 0 Å². The molecular weight excluding hydrogens is 304 g/mol. The number of amides is 1. The normalized spacial score (nSPS) is 11.8. The number of nitrogens with one attached hydrogen (secondary N) is 1. The summed E-state index contributed by atoms with van der Waals surface area (Å²) in [4.78, 5) is 23.3. The molecule has 4 nitrogen and oxygen atoms in total. The van der Waals surface area contributed by atoms with E-state index in [1.165, 1.54) is 0 Å². The Hall–Kier alpha value is -2.76. The molecule has 2 rings (SSSR count). The smallest absolute Gasteiger partial charge is 0.326 e. The van der Waals surface area contributed by atoms with Gasteiger partial charge in [-0.15, -0.1) is 0 Å². The Morgan fingerprint density at radius 1 is 1.13 bits per heavy atom. The molecule has 0 aromatic heterocycles. The Balaban J connectivity index is 2.14. The minimum absolute atomic E-state index is 0.0897. The summed E-state index contributed by atoms with van der Waals surface area (Å²) in [7, 11) is 0. The van der Waals surface area contributed by atoms with Crippen molar-refractivity contribution in [2.45, 2.75) is 19.4 Å². The van der Waals surface area contributed by atoms with Crippen molar-refractivity contribution in [3.8, 4) is 0 Å². The van der Waals surface area contributed by atoms with E-state index in [1.807, 2.05) is 19.1 Å². The number of carboxylic acid groups (broad SMARTS) is 1. The van der Waals surface area contributed by atoms with E-state index >= 15 is 0 Å². The highest BCUT2D eigenvalue weighted by molar-refractivity contribution is 5.96. The summed E-state index contributed by atoms with van der Waals surface area (Å²) in [6.07, 6.45) is 0.0897. The minimum atomic E-state index is -1.21. The van der Waals surface area contributed by atoms with E-state index in [0.717, 1.165) is 29.3 Å². The zero-order valence-corrected chi connectivity index (χ0v) is 12.3. The van der Waals surface area contributed by atoms with Crippen LogP contribution >= 0.6 is 0 Å². The standard InChI is InChI=1S/C17H15F2NO3/c1-10-3-2-4-11(7-10)8-15(17(22)23)20-16(21)12-5-6-13(18)14(19)9-12/h2-7,9,15H,8H2,1H3,(H,20,21)(H,22,23)/t15-/m1/s1. The number of hydrogen-bond donors (Lipinski definition) is 2. The van der Waals surface area contributed by atoms with Crippen LogP contribution in [0.5, 0.6) is 0 Å². The molecule has 1 amide bonds. The molecule has 2 aromatic rings. The van der Waals surface area contributed by atoms with Crippen molar-refractivity contribution in [1.82, 2.24) is 5.32 Å². The highest BCUT2D eigenvalue weighted by atomic mass is 19.2. The fourth-order valence-electron chi connectivity index (χ4n) is 2.15. The van der Waals surface area contributed by atoms with Crippen molar-refractivity contribution in [3.63, 3.8) is 0 Å². The van der Waals surface area contributed by atoms with Crippen molar-refractivity contribution >= 4 is 11.9 Å². The summed E-state index contributed by atoms with van der Waals surface area (Å²) < 4.78 is 26.0. The predicted octanol–water partition coefficient (Wildman–Crippen LogP) is 2.70. The molecule has 0 aliphatic heterocycles. The van der Waals surface area contributed by atoms with Gasteiger partial charge in [0.25, 0.3) is 5.91 Å². The lowest BCUT2D eigenvalue weighted by atomic mass is 10.0. The summed E-state index contributed by atoms with van der Waals surface area (Å²) in [6.45, 7) is 1.87. The van der Waals surface area contributed by atoms with Crippen LogP contribution in [-0.4, -0.2) is 23.0 Å². The van der Waals surface area contributed by atoms with Gasteiger partial charge in [-0.2, -0.15) is 0 Å². The topological polar surface area (TPSA) is 66.4 Å². The maximum atomic E-state index is 13.2. The van der Waals surface area contributed by atoms with Gasteiger partial charge in [0.15, 0.2) is 11.6 Å². The zero-order valence-electron chi connectivity index (χ0n) is 12.3. The van der Waals surface area contributed by atoms with Crippen molar-refractivity contribution in [3.05, 3.63) is 70.8 Å². The number of rotatable bonds is 5. The highest BCUT2D eigenvalue weighted by Gasteiger charge is 2.21. The Labute approximate surface area is 131 Å². The van der Waals surface area contributed by atoms with Crippen molar-refractivity contribution in [2.24, 2.45) is 0 Å². The molecule has 0 saturated heterocycles. The first-order chi connectivity index (χ1) is 10.9. The average molecular weight is 319 g/mol. The van der Waals surface area contributed by atoms with Crippen LogP contribution in [0.15, 0.2) is 42.5 Å². The summed E-state index contributed by atoms with van der Waals surface area (Å²) in [5.74, 6) is -4.22. The minimum Gasteiger partial charge on any atom is -0.480 e. The molecule has 0 fully saturated rings. The Morgan fingerprint density at radius 2 is 1.87 bits per heavy atom. The monoisotopic (exact) mass is 319 g/mol. The van der Waals surface area contributed by atoms with E-state index in [-0.39, 0.29) is 12.0 Å². The molecule has 120 valence electrons. The van der Waals surface area contributed by atoms with Gasteiger partial charge in [-0.05, 0) is 30.7 Å². The van der Waals surface area contributed by atoms with Crippen molar-refractivity contribution in [1.29, 1.82) is 0 Å². The van der Waals surface area contributed by atoms with Gasteiger partial charge in [-0.25, -0.2) is 13.6 Å². The first-order valence-corrected chi connectivity index (χ1v) is 6.91. The van der Waals surface area contributed by atoms with Crippen molar-refractivity contribution < 1.29 is 23.5 Å². The number of carbonyl (C=O) groups excluding carboxylic acids is 1. The van der Waals surface area contributed by atoms with Gasteiger partial charge in [-0.1, -0.05) is 29.8 Å². The Bertz CT molecular complexity index is 746. The predicted molar refractivity (Wildman–Crippen MR) is 80.1 cm³/mol. The number of aryl methyl sites for hydroxylation is 1. The first kappa shape index (κ1) is 16.6. The van der Waals surface area contributed by atoms with E-state index in [2.05, 4.69) is 5.32 Å². The lowest BCUT2D eigenvalue weighted by Gasteiger charge is -2.15. The molecule has 0 bridgehead atoms. The summed E-state index contributed by atoms with van der Waals surface area (Å²) in [6, 6.07) is 8.72. The van der Waals surface area contributed by atoms with Gasteiger partial charge < -0.3 is 10.4 Å². The van der Waals surface area contributed by atoms with Gasteiger partial charge in [0.1, 0.15) is 6.04 Å². The highest BCUT2D eigenvalue weighted by Crippen LogP contribution is 2.11. The number of hydrogen-bond acceptors (Lipinski definition) is 2. The summed E-state index contributed by atoms with van der Waals surface area (Å²) >= 11 is 0. The van der Waals surface area contributed by atoms with E-state index < -0.39 is 29.6 Å². The van der Waals surface area contributed by atoms with Crippen LogP contribution in [0.1, 0.15) is 21.5 Å². The number of carbonyl (C=O) groups is 2. The lowest BCUT2D eigenvalue weighted by molar-refractivity contribution is -0.139. The molecule has 2 N–H and O–H groups in total. The number of aliphatic carboxylic acids is 1. The maximum Gasteiger partial charge on any atom is 0.326 e. The molecule has 0 aliphatic carbocycles. The third-order valence-electron chi connectivity index (χ3n) is 3.31. The molecule has 0 heterocycles. The van der Waals surface area contributed by atoms with Crippen LogP contribution in [-0.2, 0) is 11.2 Å². The van der Waals surface area contributed by atoms with Gasteiger partial charge in [-0.3, -0.25) is 4.79 Å². The Morgan fingerprint density at radius 3 is 2.48 bits per heavy atom. The second-order valence-electron chi connectivity index (χ2n) is 5.19. The maximum absolute atomic E-state index is 13.2. The number of carboxylic acids is 1. The molecule has 0 aliphatic rings. The molecule has 2 aromatic carbocycles. The quantitative estimate of drug-likeness (QED) is 0.890. The fourth-order valence-corrected chi connectivity index (χ4v) is 2.15. The van der Waals surface area contributed by atoms with Gasteiger partial charge in [0, 0.05) is 12.0 Å². The van der Waals surface area contributed by atoms with Crippen LogP contribution in [0.2, 0.25) is 0 Å². The average Bonchev–Trinajstić information content (AvgIpc) is 2.49. The molecule has 23 heavy (non-hydrogen) atoms. The summed E-state index contributed by atoms with van der Waals surface area (Å²) in [5.41, 5.74) is 1.58. The van der Waals surface area contributed by atoms with E-state index in [1.54, 1.807) is 12.1 Å². The molecule has 0 unspecified atom stereocenters. The lowest BCUT2D eigenvalue weighted by Crippen LogP contribution is -2.42. The fraction of sp³-hybridized carbons (Fsp3) is 0.176. The molecular formula is C17H15F2NO3. The Kier molecular flexibility index (Phi) is 5.05. The molecule has 0 spiro atoms. The molecule has 0 radical (unpaired) electrons. The van der Waals surface area contributed by atoms with Crippen LogP contribution < -0.4 is 5.32 Å². The van der Waals surface area contributed by atoms with Crippen LogP contribution in [0, 0.1) is 18.6 Å². The van der Waals surface area contributed by atoms with E-state index in [9.17, 15) is 23.5 Å². The second-order valence-corrected chi connectivity index (χ2v) is 5.19. The van der Waals surface area contributed by atoms with E-state index in [0.29, 0.717) is 0 Å². The molecule has 0 saturated carbocycles. The van der Waals surface area contributed by atoms with E-state index in [4.69, 9.17) is 0 Å². The van der Waals surface area contributed by atoms with Crippen molar-refractivity contribution in [2.75, 3.05) is 0 Å². The number of halogens is 2.